The summed E-state index contributed by atoms with van der Waals surface area (Å²) in [7, 11) is 4.36. The van der Waals surface area contributed by atoms with Crippen LogP contribution in [0.1, 0.15) is 71.0 Å². The quantitative estimate of drug-likeness (QED) is 0.318. The Labute approximate surface area is 268 Å². The van der Waals surface area contributed by atoms with Gasteiger partial charge in [-0.3, -0.25) is 14.5 Å². The van der Waals surface area contributed by atoms with Crippen LogP contribution in [0.2, 0.25) is 0 Å². The molecule has 3 aromatic rings. The standard InChI is InChI=1S/C37H51N5O3/c1-7-42(32-14-12-31(13-15-32)40(5)6)35-22-30(29-10-8-28(9-11-29)24-41-16-18-45-19-17-41)21-33(26(35)3)37(44)38-23-34-27(4)39-25(2)20-36(34)43/h8-11,20-22,31-32H,7,12-19,23-24H2,1-6H3,(H,38,44)(H,39,43). The molecule has 0 bridgehead atoms. The highest BCUT2D eigenvalue weighted by molar-refractivity contribution is 5.99. The third kappa shape index (κ3) is 7.86. The van der Waals surface area contributed by atoms with Gasteiger partial charge in [0.05, 0.1) is 13.2 Å². The van der Waals surface area contributed by atoms with E-state index in [0.717, 1.165) is 86.0 Å². The van der Waals surface area contributed by atoms with Gasteiger partial charge in [-0.1, -0.05) is 24.3 Å². The number of aryl methyl sites for hydroxylation is 2. The van der Waals surface area contributed by atoms with Crippen LogP contribution in [0.15, 0.2) is 47.3 Å². The fraction of sp³-hybridized carbons (Fsp3) is 0.514. The number of nitrogens with one attached hydrogen (secondary N) is 2. The van der Waals surface area contributed by atoms with Gasteiger partial charge in [0.1, 0.15) is 0 Å². The maximum atomic E-state index is 13.9. The molecule has 1 saturated heterocycles. The number of benzene rings is 2. The van der Waals surface area contributed by atoms with Gasteiger partial charge in [0.2, 0.25) is 0 Å². The fourth-order valence-corrected chi connectivity index (χ4v) is 7.09. The maximum Gasteiger partial charge on any atom is 0.251 e. The number of hydrogen-bond donors (Lipinski definition) is 2. The number of ether oxygens (including phenoxy) is 1. The SMILES string of the molecule is CCN(c1cc(-c2ccc(CN3CCOCC3)cc2)cc(C(=O)NCc2c(C)[nH]c(C)cc2=O)c1C)C1CCC(N(C)C)CC1. The molecule has 0 radical (unpaired) electrons. The monoisotopic (exact) mass is 613 g/mol. The first kappa shape index (κ1) is 32.9. The molecular formula is C37H51N5O3. The van der Waals surface area contributed by atoms with Crippen molar-refractivity contribution >= 4 is 11.6 Å². The molecule has 2 fully saturated rings. The van der Waals surface area contributed by atoms with Gasteiger partial charge < -0.3 is 24.8 Å². The summed E-state index contributed by atoms with van der Waals surface area (Å²) in [6, 6.07) is 15.7. The summed E-state index contributed by atoms with van der Waals surface area (Å²) < 4.78 is 5.51. The lowest BCUT2D eigenvalue weighted by atomic mass is 9.88. The Morgan fingerprint density at radius 1 is 0.956 bits per heavy atom. The molecule has 1 aliphatic carbocycles. The summed E-state index contributed by atoms with van der Waals surface area (Å²) in [5.41, 5.74) is 8.29. The average Bonchev–Trinajstić information content (AvgIpc) is 3.02. The average molecular weight is 614 g/mol. The van der Waals surface area contributed by atoms with E-state index in [1.165, 1.54) is 18.4 Å². The predicted octanol–water partition coefficient (Wildman–Crippen LogP) is 5.43. The molecule has 1 aromatic heterocycles. The number of rotatable bonds is 10. The van der Waals surface area contributed by atoms with E-state index >= 15 is 0 Å². The summed E-state index contributed by atoms with van der Waals surface area (Å²) in [6.45, 7) is 13.5. The molecule has 0 unspecified atom stereocenters. The number of aromatic amines is 1. The summed E-state index contributed by atoms with van der Waals surface area (Å²) in [4.78, 5) is 37.1. The zero-order chi connectivity index (χ0) is 32.1. The largest absolute Gasteiger partial charge is 0.379 e. The minimum atomic E-state index is -0.161. The lowest BCUT2D eigenvalue weighted by molar-refractivity contribution is 0.0342. The second-order valence-electron chi connectivity index (χ2n) is 13.1. The molecule has 8 nitrogen and oxygen atoms in total. The lowest BCUT2D eigenvalue weighted by Crippen LogP contribution is -2.42. The molecule has 0 spiro atoms. The number of aromatic nitrogens is 1. The van der Waals surface area contributed by atoms with Crippen molar-refractivity contribution in [3.63, 3.8) is 0 Å². The first-order chi connectivity index (χ1) is 21.6. The van der Waals surface area contributed by atoms with Crippen molar-refractivity contribution in [2.24, 2.45) is 0 Å². The summed E-state index contributed by atoms with van der Waals surface area (Å²) in [5, 5.41) is 3.07. The lowest BCUT2D eigenvalue weighted by Gasteiger charge is -2.40. The van der Waals surface area contributed by atoms with E-state index in [-0.39, 0.29) is 17.9 Å². The molecule has 0 atom stereocenters. The van der Waals surface area contributed by atoms with Crippen LogP contribution in [0.3, 0.4) is 0 Å². The predicted molar refractivity (Wildman–Crippen MR) is 183 cm³/mol. The van der Waals surface area contributed by atoms with E-state index < -0.39 is 0 Å². The molecular weight excluding hydrogens is 562 g/mol. The molecule has 5 rings (SSSR count). The summed E-state index contributed by atoms with van der Waals surface area (Å²) in [6.07, 6.45) is 4.62. The Kier molecular flexibility index (Phi) is 10.8. The van der Waals surface area contributed by atoms with Gasteiger partial charge in [-0.05, 0) is 102 Å². The molecule has 8 heteroatoms. The van der Waals surface area contributed by atoms with E-state index in [1.807, 2.05) is 19.9 Å². The van der Waals surface area contributed by atoms with Crippen LogP contribution in [0.4, 0.5) is 5.69 Å². The fourth-order valence-electron chi connectivity index (χ4n) is 7.09. The minimum Gasteiger partial charge on any atom is -0.379 e. The number of morpholine rings is 1. The number of amides is 1. The number of carbonyl (C=O) groups is 1. The van der Waals surface area contributed by atoms with Crippen molar-refractivity contribution in [2.45, 2.75) is 78.6 Å². The Morgan fingerprint density at radius 3 is 2.24 bits per heavy atom. The molecule has 1 saturated carbocycles. The second kappa shape index (κ2) is 14.8. The van der Waals surface area contributed by atoms with Crippen LogP contribution in [-0.2, 0) is 17.8 Å². The van der Waals surface area contributed by atoms with E-state index in [1.54, 1.807) is 6.07 Å². The van der Waals surface area contributed by atoms with Gasteiger partial charge in [-0.15, -0.1) is 0 Å². The van der Waals surface area contributed by atoms with Crippen LogP contribution in [0.5, 0.6) is 0 Å². The maximum absolute atomic E-state index is 13.9. The van der Waals surface area contributed by atoms with Gasteiger partial charge in [0.25, 0.3) is 5.91 Å². The van der Waals surface area contributed by atoms with E-state index in [2.05, 4.69) is 83.3 Å². The highest BCUT2D eigenvalue weighted by atomic mass is 16.5. The topological polar surface area (TPSA) is 80.9 Å². The van der Waals surface area contributed by atoms with Crippen molar-refractivity contribution in [3.05, 3.63) is 86.3 Å². The Morgan fingerprint density at radius 2 is 1.62 bits per heavy atom. The first-order valence-electron chi connectivity index (χ1n) is 16.6. The molecule has 2 N–H and O–H groups in total. The van der Waals surface area contributed by atoms with E-state index in [0.29, 0.717) is 23.2 Å². The zero-order valence-corrected chi connectivity index (χ0v) is 28.0. The minimum absolute atomic E-state index is 0.0575. The van der Waals surface area contributed by atoms with Crippen molar-refractivity contribution < 1.29 is 9.53 Å². The zero-order valence-electron chi connectivity index (χ0n) is 28.0. The van der Waals surface area contributed by atoms with Gasteiger partial charge in [-0.2, -0.15) is 0 Å². The number of nitrogens with zero attached hydrogens (tertiary/aromatic N) is 3. The molecule has 1 amide bonds. The second-order valence-corrected chi connectivity index (χ2v) is 13.1. The van der Waals surface area contributed by atoms with Crippen LogP contribution < -0.4 is 15.6 Å². The normalized spacial score (nSPS) is 19.1. The third-order valence-electron chi connectivity index (χ3n) is 9.82. The van der Waals surface area contributed by atoms with Gasteiger partial charge in [0, 0.05) is 79.1 Å². The number of anilines is 1. The number of pyridine rings is 1. The highest BCUT2D eigenvalue weighted by Gasteiger charge is 2.28. The Balaban J connectivity index is 1.46. The number of carbonyl (C=O) groups excluding carboxylic acids is 1. The number of H-pyrrole nitrogens is 1. The molecule has 2 aromatic carbocycles. The highest BCUT2D eigenvalue weighted by Crippen LogP contribution is 2.36. The molecule has 45 heavy (non-hydrogen) atoms. The Bertz CT molecular complexity index is 1520. The van der Waals surface area contributed by atoms with E-state index in [4.69, 9.17) is 4.74 Å². The van der Waals surface area contributed by atoms with Gasteiger partial charge in [-0.25, -0.2) is 0 Å². The van der Waals surface area contributed by atoms with Crippen molar-refractivity contribution in [2.75, 3.05) is 51.8 Å². The Hall–Kier alpha value is -3.46. The molecule has 2 aliphatic rings. The molecule has 242 valence electrons. The molecule has 2 heterocycles. The summed E-state index contributed by atoms with van der Waals surface area (Å²) in [5.74, 6) is -0.161. The van der Waals surface area contributed by atoms with Gasteiger partial charge >= 0.3 is 0 Å². The smallest absolute Gasteiger partial charge is 0.251 e. The van der Waals surface area contributed by atoms with Crippen molar-refractivity contribution in [1.82, 2.24) is 20.1 Å². The van der Waals surface area contributed by atoms with Crippen LogP contribution in [0, 0.1) is 20.8 Å². The number of hydrogen-bond acceptors (Lipinski definition) is 6. The van der Waals surface area contributed by atoms with Gasteiger partial charge in [0.15, 0.2) is 5.43 Å². The van der Waals surface area contributed by atoms with Crippen molar-refractivity contribution in [1.29, 1.82) is 0 Å². The van der Waals surface area contributed by atoms with Crippen LogP contribution >= 0.6 is 0 Å². The van der Waals surface area contributed by atoms with Crippen molar-refractivity contribution in [3.8, 4) is 11.1 Å². The van der Waals surface area contributed by atoms with E-state index in [9.17, 15) is 9.59 Å². The van der Waals surface area contributed by atoms with Crippen LogP contribution in [-0.4, -0.2) is 79.7 Å². The first-order valence-corrected chi connectivity index (χ1v) is 16.6. The summed E-state index contributed by atoms with van der Waals surface area (Å²) >= 11 is 0. The molecule has 1 aliphatic heterocycles. The third-order valence-corrected chi connectivity index (χ3v) is 9.82. The van der Waals surface area contributed by atoms with Crippen LogP contribution in [0.25, 0.3) is 11.1 Å².